The highest BCUT2D eigenvalue weighted by molar-refractivity contribution is 7.89. The molecule has 2 heterocycles. The van der Waals surface area contributed by atoms with E-state index in [1.165, 1.54) is 0 Å². The number of aromatic nitrogens is 1. The number of amides is 2. The van der Waals surface area contributed by atoms with Gasteiger partial charge in [-0.15, -0.1) is 0 Å². The molecule has 1 aliphatic carbocycles. The number of hydrogen-bond acceptors (Lipinski definition) is 6. The zero-order chi connectivity index (χ0) is 30.9. The van der Waals surface area contributed by atoms with Crippen LogP contribution in [-0.2, 0) is 26.2 Å². The van der Waals surface area contributed by atoms with Crippen LogP contribution >= 0.6 is 0 Å². The number of rotatable bonds is 6. The summed E-state index contributed by atoms with van der Waals surface area (Å²) in [5, 5.41) is 10.3. The third-order valence-corrected chi connectivity index (χ3v) is 9.83. The van der Waals surface area contributed by atoms with Gasteiger partial charge in [0.25, 0.3) is 0 Å². The number of H-pyrrole nitrogens is 1. The summed E-state index contributed by atoms with van der Waals surface area (Å²) in [6.45, 7) is 9.29. The van der Waals surface area contributed by atoms with E-state index in [9.17, 15) is 23.1 Å². The smallest absolute Gasteiger partial charge is 0.410 e. The van der Waals surface area contributed by atoms with Gasteiger partial charge in [-0.25, -0.2) is 17.9 Å². The molecule has 11 heteroatoms. The number of ether oxygens (including phenoxy) is 1. The number of aliphatic hydroxyl groups is 1. The van der Waals surface area contributed by atoms with Gasteiger partial charge < -0.3 is 24.6 Å². The summed E-state index contributed by atoms with van der Waals surface area (Å²) in [5.74, 6) is -0.0585. The standard InChI is InChI=1S/C32H42N4O6S/c1-21-17-22(20-37)5-12-27(21)29-18-24-8-11-26(19-28(24)33-29)43(40,41)34-25-9-6-23(7-10-25)30(38)35-13-15-36(16-14-35)31(39)42-32(2,3)4/h5,8,11-12,17-19,23,25,33-34,37H,6-7,9-10,13-16,20H2,1-4H3. The minimum Gasteiger partial charge on any atom is -0.444 e. The van der Waals surface area contributed by atoms with Crippen molar-refractivity contribution in [2.45, 2.75) is 76.5 Å². The number of piperazine rings is 1. The molecule has 2 aromatic carbocycles. The molecule has 0 bridgehead atoms. The van der Waals surface area contributed by atoms with Crippen LogP contribution in [0.4, 0.5) is 4.79 Å². The van der Waals surface area contributed by atoms with Gasteiger partial charge >= 0.3 is 6.09 Å². The number of hydrogen-bond donors (Lipinski definition) is 3. The average molecular weight is 611 g/mol. The highest BCUT2D eigenvalue weighted by Gasteiger charge is 2.34. The molecule has 0 radical (unpaired) electrons. The summed E-state index contributed by atoms with van der Waals surface area (Å²) in [6, 6.07) is 12.6. The molecule has 1 aromatic heterocycles. The fourth-order valence-electron chi connectivity index (χ4n) is 5.98. The topological polar surface area (TPSA) is 132 Å². The number of nitrogens with one attached hydrogen (secondary N) is 2. The van der Waals surface area contributed by atoms with E-state index in [0.29, 0.717) is 51.9 Å². The van der Waals surface area contributed by atoms with Crippen LogP contribution in [0.25, 0.3) is 22.2 Å². The lowest BCUT2D eigenvalue weighted by molar-refractivity contribution is -0.138. The third kappa shape index (κ3) is 7.22. The van der Waals surface area contributed by atoms with Crippen molar-refractivity contribution >= 4 is 32.9 Å². The van der Waals surface area contributed by atoms with Crippen molar-refractivity contribution < 1.29 is 27.9 Å². The molecule has 232 valence electrons. The number of benzene rings is 2. The molecule has 1 saturated carbocycles. The van der Waals surface area contributed by atoms with Crippen molar-refractivity contribution in [2.24, 2.45) is 5.92 Å². The van der Waals surface area contributed by atoms with Crippen LogP contribution in [-0.4, -0.2) is 78.1 Å². The average Bonchev–Trinajstić information content (AvgIpc) is 3.39. The second-order valence-corrected chi connectivity index (χ2v) is 14.4. The summed E-state index contributed by atoms with van der Waals surface area (Å²) in [4.78, 5) is 32.5. The predicted molar refractivity (Wildman–Crippen MR) is 165 cm³/mol. The fourth-order valence-corrected chi connectivity index (χ4v) is 7.32. The van der Waals surface area contributed by atoms with Crippen molar-refractivity contribution in [3.8, 4) is 11.3 Å². The van der Waals surface area contributed by atoms with E-state index in [1.54, 1.807) is 23.1 Å². The fraction of sp³-hybridized carbons (Fsp3) is 0.500. The van der Waals surface area contributed by atoms with Gasteiger partial charge in [0, 0.05) is 60.3 Å². The lowest BCUT2D eigenvalue weighted by Crippen LogP contribution is -2.53. The molecule has 5 rings (SSSR count). The highest BCUT2D eigenvalue weighted by Crippen LogP contribution is 2.30. The number of nitrogens with zero attached hydrogens (tertiary/aromatic N) is 2. The predicted octanol–water partition coefficient (Wildman–Crippen LogP) is 4.55. The van der Waals surface area contributed by atoms with Crippen molar-refractivity contribution in [2.75, 3.05) is 26.2 Å². The summed E-state index contributed by atoms with van der Waals surface area (Å²) < 4.78 is 34.9. The number of aliphatic hydroxyl groups excluding tert-OH is 1. The Kier molecular flexibility index (Phi) is 8.87. The highest BCUT2D eigenvalue weighted by atomic mass is 32.2. The molecular formula is C32H42N4O6S. The van der Waals surface area contributed by atoms with Crippen LogP contribution in [0, 0.1) is 12.8 Å². The third-order valence-electron chi connectivity index (χ3n) is 8.31. The first-order chi connectivity index (χ1) is 20.3. The van der Waals surface area contributed by atoms with Crippen molar-refractivity contribution in [3.63, 3.8) is 0 Å². The lowest BCUT2D eigenvalue weighted by atomic mass is 9.85. The van der Waals surface area contributed by atoms with Gasteiger partial charge in [-0.05, 0) is 82.7 Å². The number of aromatic amines is 1. The van der Waals surface area contributed by atoms with E-state index in [4.69, 9.17) is 4.74 Å². The molecule has 43 heavy (non-hydrogen) atoms. The first-order valence-electron chi connectivity index (χ1n) is 15.0. The first kappa shape index (κ1) is 31.0. The maximum Gasteiger partial charge on any atom is 0.410 e. The van der Waals surface area contributed by atoms with Crippen molar-refractivity contribution in [3.05, 3.63) is 53.6 Å². The summed E-state index contributed by atoms with van der Waals surface area (Å²) in [7, 11) is -3.75. The van der Waals surface area contributed by atoms with Crippen LogP contribution in [0.2, 0.25) is 0 Å². The normalized spacial score (nSPS) is 19.9. The Labute approximate surface area is 253 Å². The molecule has 10 nitrogen and oxygen atoms in total. The Morgan fingerprint density at radius 3 is 2.28 bits per heavy atom. The van der Waals surface area contributed by atoms with E-state index in [1.807, 2.05) is 56.9 Å². The summed E-state index contributed by atoms with van der Waals surface area (Å²) in [6.07, 6.45) is 2.06. The molecule has 0 spiro atoms. The molecule has 3 N–H and O–H groups in total. The second kappa shape index (κ2) is 12.3. The number of carbonyl (C=O) groups is 2. The Morgan fingerprint density at radius 1 is 0.977 bits per heavy atom. The van der Waals surface area contributed by atoms with Crippen molar-refractivity contribution in [1.29, 1.82) is 0 Å². The summed E-state index contributed by atoms with van der Waals surface area (Å²) >= 11 is 0. The van der Waals surface area contributed by atoms with Gasteiger partial charge in [-0.3, -0.25) is 4.79 Å². The largest absolute Gasteiger partial charge is 0.444 e. The second-order valence-electron chi connectivity index (χ2n) is 12.7. The number of aryl methyl sites for hydroxylation is 1. The molecule has 1 aliphatic heterocycles. The van der Waals surface area contributed by atoms with Gasteiger partial charge in [0.05, 0.1) is 11.5 Å². The molecule has 2 fully saturated rings. The van der Waals surface area contributed by atoms with Crippen LogP contribution in [0.5, 0.6) is 0 Å². The van der Waals surface area contributed by atoms with Crippen LogP contribution in [0.15, 0.2) is 47.4 Å². The Morgan fingerprint density at radius 2 is 1.65 bits per heavy atom. The number of carbonyl (C=O) groups excluding carboxylic acids is 2. The molecular weight excluding hydrogens is 568 g/mol. The monoisotopic (exact) mass is 610 g/mol. The summed E-state index contributed by atoms with van der Waals surface area (Å²) in [5.41, 5.74) is 3.90. The maximum atomic E-state index is 13.3. The molecule has 0 atom stereocenters. The van der Waals surface area contributed by atoms with Crippen LogP contribution in [0.1, 0.15) is 57.6 Å². The van der Waals surface area contributed by atoms with E-state index in [-0.39, 0.29) is 35.5 Å². The molecule has 3 aromatic rings. The quantitative estimate of drug-likeness (QED) is 0.375. The van der Waals surface area contributed by atoms with Gasteiger partial charge in [-0.2, -0.15) is 0 Å². The Hall–Kier alpha value is -3.41. The molecule has 1 saturated heterocycles. The number of sulfonamides is 1. The Balaban J connectivity index is 1.16. The minimum absolute atomic E-state index is 0.0192. The van der Waals surface area contributed by atoms with Crippen LogP contribution < -0.4 is 4.72 Å². The number of fused-ring (bicyclic) bond motifs is 1. The van der Waals surface area contributed by atoms with Gasteiger partial charge in [0.15, 0.2) is 0 Å². The zero-order valence-electron chi connectivity index (χ0n) is 25.4. The molecule has 0 unspecified atom stereocenters. The lowest BCUT2D eigenvalue weighted by Gasteiger charge is -2.38. The van der Waals surface area contributed by atoms with E-state index >= 15 is 0 Å². The first-order valence-corrected chi connectivity index (χ1v) is 16.4. The Bertz CT molecular complexity index is 1590. The van der Waals surface area contributed by atoms with Gasteiger partial charge in [-0.1, -0.05) is 24.3 Å². The molecule has 2 amide bonds. The maximum absolute atomic E-state index is 13.3. The SMILES string of the molecule is Cc1cc(CO)ccc1-c1cc2ccc(S(=O)(=O)NC3CCC(C(=O)N4CCN(C(=O)OC(C)(C)C)CC4)CC3)cc2[nH]1. The zero-order valence-corrected chi connectivity index (χ0v) is 26.2. The van der Waals surface area contributed by atoms with Gasteiger partial charge in [0.2, 0.25) is 15.9 Å². The molecule has 2 aliphatic rings. The van der Waals surface area contributed by atoms with Gasteiger partial charge in [0.1, 0.15) is 5.60 Å². The van der Waals surface area contributed by atoms with Crippen LogP contribution in [0.3, 0.4) is 0 Å². The van der Waals surface area contributed by atoms with Crippen molar-refractivity contribution in [1.82, 2.24) is 19.5 Å². The minimum atomic E-state index is -3.75. The van der Waals surface area contributed by atoms with E-state index in [0.717, 1.165) is 33.3 Å². The van der Waals surface area contributed by atoms with E-state index in [2.05, 4.69) is 9.71 Å². The van der Waals surface area contributed by atoms with E-state index < -0.39 is 15.6 Å².